The monoisotopic (exact) mass is 110 g/mol. The van der Waals surface area contributed by atoms with Crippen LogP contribution in [0.1, 0.15) is 19.3 Å². The van der Waals surface area contributed by atoms with E-state index in [4.69, 9.17) is 5.26 Å². The van der Waals surface area contributed by atoms with Crippen molar-refractivity contribution in [1.29, 1.82) is 5.26 Å². The Hall–Kier alpha value is -0.840. The van der Waals surface area contributed by atoms with Crippen LogP contribution in [0.5, 0.6) is 0 Å². The second-order valence-corrected chi connectivity index (χ2v) is 1.45. The predicted octanol–water partition coefficient (Wildman–Crippen LogP) is 1.08. The molecule has 2 heteroatoms. The highest BCUT2D eigenvalue weighted by atomic mass is 16.1. The van der Waals surface area contributed by atoms with E-state index in [1.807, 2.05) is 6.07 Å². The third-order valence-electron chi connectivity index (χ3n) is 0.794. The molecule has 0 heterocycles. The number of carbonyl (C=O) groups is 1. The minimum Gasteiger partial charge on any atom is -0.300 e. The molecule has 0 saturated heterocycles. The van der Waals surface area contributed by atoms with Gasteiger partial charge in [-0.2, -0.15) is 5.26 Å². The van der Waals surface area contributed by atoms with E-state index in [2.05, 4.69) is 6.92 Å². The van der Waals surface area contributed by atoms with Crippen molar-refractivity contribution in [2.75, 3.05) is 0 Å². The molecule has 0 N–H and O–H groups in total. The largest absolute Gasteiger partial charge is 0.300 e. The summed E-state index contributed by atoms with van der Waals surface area (Å²) in [6.07, 6.45) is 0.996. The van der Waals surface area contributed by atoms with Crippen LogP contribution in [0, 0.1) is 18.3 Å². The van der Waals surface area contributed by atoms with Gasteiger partial charge in [0.1, 0.15) is 5.78 Å². The molecule has 43 valence electrons. The molecule has 0 bridgehead atoms. The number of ketones is 1. The van der Waals surface area contributed by atoms with Crippen molar-refractivity contribution >= 4 is 5.78 Å². The van der Waals surface area contributed by atoms with Crippen LogP contribution in [0.3, 0.4) is 0 Å². The van der Waals surface area contributed by atoms with Crippen molar-refractivity contribution < 1.29 is 4.79 Å². The van der Waals surface area contributed by atoms with Gasteiger partial charge in [-0.1, -0.05) is 0 Å². The first-order valence-corrected chi connectivity index (χ1v) is 2.49. The standard InChI is InChI=1S/C6H8NO/c1-2-6(8)4-3-5-7/h1-4H2. The highest BCUT2D eigenvalue weighted by Gasteiger charge is 1.94. The number of nitrogens with zero attached hydrogens (tertiary/aromatic N) is 1. The molecule has 0 aliphatic carbocycles. The van der Waals surface area contributed by atoms with Gasteiger partial charge in [-0.05, 0) is 6.92 Å². The number of nitriles is 1. The minimum absolute atomic E-state index is 0.0616. The molecular weight excluding hydrogens is 102 g/mol. The lowest BCUT2D eigenvalue weighted by Gasteiger charge is -1.85. The van der Waals surface area contributed by atoms with E-state index < -0.39 is 0 Å². The summed E-state index contributed by atoms with van der Waals surface area (Å²) in [4.78, 5) is 10.4. The highest BCUT2D eigenvalue weighted by Crippen LogP contribution is 1.90. The lowest BCUT2D eigenvalue weighted by molar-refractivity contribution is -0.118. The molecule has 0 aliphatic rings. The number of rotatable bonds is 3. The van der Waals surface area contributed by atoms with Crippen molar-refractivity contribution in [2.24, 2.45) is 0 Å². The van der Waals surface area contributed by atoms with Gasteiger partial charge >= 0.3 is 0 Å². The summed E-state index contributed by atoms with van der Waals surface area (Å²) < 4.78 is 0. The third-order valence-corrected chi connectivity index (χ3v) is 0.794. The zero-order chi connectivity index (χ0) is 6.41. The van der Waals surface area contributed by atoms with E-state index in [1.165, 1.54) is 0 Å². The Morgan fingerprint density at radius 2 is 2.38 bits per heavy atom. The Labute approximate surface area is 49.1 Å². The van der Waals surface area contributed by atoms with E-state index >= 15 is 0 Å². The fourth-order valence-electron chi connectivity index (χ4n) is 0.320. The van der Waals surface area contributed by atoms with E-state index in [-0.39, 0.29) is 5.78 Å². The van der Waals surface area contributed by atoms with Gasteiger partial charge in [0.15, 0.2) is 0 Å². The van der Waals surface area contributed by atoms with Gasteiger partial charge in [0.05, 0.1) is 6.07 Å². The first kappa shape index (κ1) is 7.16. The molecule has 0 aliphatic heterocycles. The molecule has 0 aromatic heterocycles. The maximum atomic E-state index is 10.4. The molecule has 0 saturated carbocycles. The van der Waals surface area contributed by atoms with Crippen molar-refractivity contribution in [2.45, 2.75) is 19.3 Å². The number of Topliss-reactive ketones (excluding diaryl/α,β-unsaturated/α-hetero) is 1. The molecule has 2 nitrogen and oxygen atoms in total. The zero-order valence-electron chi connectivity index (χ0n) is 4.68. The zero-order valence-corrected chi connectivity index (χ0v) is 4.68. The molecule has 0 amide bonds. The van der Waals surface area contributed by atoms with Crippen LogP contribution in [-0.2, 0) is 4.79 Å². The van der Waals surface area contributed by atoms with Crippen LogP contribution in [0.4, 0.5) is 0 Å². The molecule has 0 atom stereocenters. The number of carbonyl (C=O) groups excluding carboxylic acids is 1. The van der Waals surface area contributed by atoms with Crippen LogP contribution in [0.2, 0.25) is 0 Å². The van der Waals surface area contributed by atoms with Gasteiger partial charge in [-0.15, -0.1) is 0 Å². The summed E-state index contributed by atoms with van der Waals surface area (Å²) in [7, 11) is 0. The smallest absolute Gasteiger partial charge is 0.133 e. The fraction of sp³-hybridized carbons (Fsp3) is 0.500. The topological polar surface area (TPSA) is 40.9 Å². The second-order valence-electron chi connectivity index (χ2n) is 1.45. The molecule has 0 aromatic carbocycles. The summed E-state index contributed by atoms with van der Waals surface area (Å²) in [5.74, 6) is 0.0616. The van der Waals surface area contributed by atoms with Crippen molar-refractivity contribution in [3.63, 3.8) is 0 Å². The molecular formula is C6H8NO. The minimum atomic E-state index is 0.0616. The Bertz CT molecular complexity index is 112. The Morgan fingerprint density at radius 1 is 1.75 bits per heavy atom. The highest BCUT2D eigenvalue weighted by molar-refractivity contribution is 5.78. The van der Waals surface area contributed by atoms with Gasteiger partial charge in [-0.25, -0.2) is 0 Å². The average molecular weight is 110 g/mol. The average Bonchev–Trinajstić information content (AvgIpc) is 1.83. The molecule has 0 aromatic rings. The van der Waals surface area contributed by atoms with Gasteiger partial charge in [0.2, 0.25) is 0 Å². The quantitative estimate of drug-likeness (QED) is 0.545. The van der Waals surface area contributed by atoms with Crippen LogP contribution >= 0.6 is 0 Å². The third kappa shape index (κ3) is 3.35. The van der Waals surface area contributed by atoms with Crippen molar-refractivity contribution in [3.8, 4) is 6.07 Å². The van der Waals surface area contributed by atoms with Gasteiger partial charge in [-0.3, -0.25) is 4.79 Å². The molecule has 8 heavy (non-hydrogen) atoms. The maximum absolute atomic E-state index is 10.4. The Kier molecular flexibility index (Phi) is 3.87. The van der Waals surface area contributed by atoms with Crippen LogP contribution < -0.4 is 0 Å². The first-order valence-electron chi connectivity index (χ1n) is 2.49. The lowest BCUT2D eigenvalue weighted by atomic mass is 10.2. The van der Waals surface area contributed by atoms with Crippen molar-refractivity contribution in [1.82, 2.24) is 0 Å². The summed E-state index contributed by atoms with van der Waals surface area (Å²) in [6.45, 7) is 3.38. The Balaban J connectivity index is 3.15. The second kappa shape index (κ2) is 4.32. The molecule has 0 unspecified atom stereocenters. The lowest BCUT2D eigenvalue weighted by Crippen LogP contribution is -1.92. The summed E-state index contributed by atoms with van der Waals surface area (Å²) in [6, 6.07) is 1.88. The predicted molar refractivity (Wildman–Crippen MR) is 29.8 cm³/mol. The van der Waals surface area contributed by atoms with E-state index in [9.17, 15) is 4.79 Å². The van der Waals surface area contributed by atoms with E-state index in [1.54, 1.807) is 0 Å². The normalized spacial score (nSPS) is 8.00. The Morgan fingerprint density at radius 3 is 2.75 bits per heavy atom. The summed E-state index contributed by atoms with van der Waals surface area (Å²) in [5, 5.41) is 7.99. The number of hydrogen-bond acceptors (Lipinski definition) is 2. The van der Waals surface area contributed by atoms with Gasteiger partial charge < -0.3 is 0 Å². The summed E-state index contributed by atoms with van der Waals surface area (Å²) >= 11 is 0. The van der Waals surface area contributed by atoms with Gasteiger partial charge in [0, 0.05) is 19.3 Å². The molecule has 0 fully saturated rings. The van der Waals surface area contributed by atoms with E-state index in [0.29, 0.717) is 19.3 Å². The van der Waals surface area contributed by atoms with E-state index in [0.717, 1.165) is 0 Å². The first-order chi connectivity index (χ1) is 3.81. The fourth-order valence-corrected chi connectivity index (χ4v) is 0.320. The van der Waals surface area contributed by atoms with Gasteiger partial charge in [0.25, 0.3) is 0 Å². The molecule has 1 radical (unpaired) electrons. The SMILES string of the molecule is [CH2]CC(=O)CCC#N. The summed E-state index contributed by atoms with van der Waals surface area (Å²) in [5.41, 5.74) is 0. The molecule has 0 rings (SSSR count). The van der Waals surface area contributed by atoms with Crippen molar-refractivity contribution in [3.05, 3.63) is 6.92 Å². The van der Waals surface area contributed by atoms with Crippen LogP contribution in [0.25, 0.3) is 0 Å². The van der Waals surface area contributed by atoms with Crippen LogP contribution in [-0.4, -0.2) is 5.78 Å². The number of hydrogen-bond donors (Lipinski definition) is 0. The van der Waals surface area contributed by atoms with Crippen LogP contribution in [0.15, 0.2) is 0 Å². The molecule has 0 spiro atoms. The maximum Gasteiger partial charge on any atom is 0.133 e.